The average Bonchev–Trinajstić information content (AvgIpc) is 2.53. The Hall–Kier alpha value is -1.26. The molecule has 82 valence electrons. The van der Waals surface area contributed by atoms with Gasteiger partial charge in [0.05, 0.1) is 0 Å². The molecule has 0 heterocycles. The number of aliphatic hydroxyl groups excluding tert-OH is 1. The lowest BCUT2D eigenvalue weighted by Crippen LogP contribution is -2.37. The van der Waals surface area contributed by atoms with Crippen molar-refractivity contribution in [2.75, 3.05) is 0 Å². The number of phenols is 1. The van der Waals surface area contributed by atoms with Gasteiger partial charge in [0, 0.05) is 6.04 Å². The fraction of sp³-hybridized carbons (Fsp3) is 0.455. The SMILES string of the molecule is NC1CCC(Oc2ccc(O)cc2)C1O. The van der Waals surface area contributed by atoms with Gasteiger partial charge in [-0.2, -0.15) is 0 Å². The third kappa shape index (κ3) is 2.22. The van der Waals surface area contributed by atoms with Gasteiger partial charge in [-0.15, -0.1) is 0 Å². The summed E-state index contributed by atoms with van der Waals surface area (Å²) in [5.41, 5.74) is 5.68. The lowest BCUT2D eigenvalue weighted by atomic mass is 10.2. The van der Waals surface area contributed by atoms with Crippen LogP contribution in [0.5, 0.6) is 11.5 Å². The Labute approximate surface area is 88.3 Å². The van der Waals surface area contributed by atoms with Crippen LogP contribution in [0.4, 0.5) is 0 Å². The maximum Gasteiger partial charge on any atom is 0.126 e. The summed E-state index contributed by atoms with van der Waals surface area (Å²) in [6.07, 6.45) is 0.719. The lowest BCUT2D eigenvalue weighted by molar-refractivity contribution is 0.0521. The summed E-state index contributed by atoms with van der Waals surface area (Å²) in [4.78, 5) is 0. The van der Waals surface area contributed by atoms with Gasteiger partial charge < -0.3 is 20.7 Å². The second kappa shape index (κ2) is 4.08. The van der Waals surface area contributed by atoms with E-state index < -0.39 is 6.10 Å². The minimum Gasteiger partial charge on any atom is -0.508 e. The molecule has 1 fully saturated rings. The van der Waals surface area contributed by atoms with E-state index in [9.17, 15) is 5.11 Å². The van der Waals surface area contributed by atoms with E-state index in [-0.39, 0.29) is 17.9 Å². The van der Waals surface area contributed by atoms with Crippen LogP contribution in [0, 0.1) is 0 Å². The fourth-order valence-electron chi connectivity index (χ4n) is 1.80. The van der Waals surface area contributed by atoms with Gasteiger partial charge in [-0.25, -0.2) is 0 Å². The van der Waals surface area contributed by atoms with Crippen LogP contribution in [-0.4, -0.2) is 28.5 Å². The maximum absolute atomic E-state index is 9.67. The van der Waals surface area contributed by atoms with Crippen LogP contribution in [-0.2, 0) is 0 Å². The summed E-state index contributed by atoms with van der Waals surface area (Å²) in [7, 11) is 0. The van der Waals surface area contributed by atoms with E-state index in [1.54, 1.807) is 24.3 Å². The molecule has 4 nitrogen and oxygen atoms in total. The summed E-state index contributed by atoms with van der Waals surface area (Å²) < 4.78 is 5.57. The number of hydrogen-bond acceptors (Lipinski definition) is 4. The number of nitrogens with two attached hydrogens (primary N) is 1. The van der Waals surface area contributed by atoms with Crippen LogP contribution in [0.2, 0.25) is 0 Å². The number of ether oxygens (including phenoxy) is 1. The quantitative estimate of drug-likeness (QED) is 0.667. The second-order valence-electron chi connectivity index (χ2n) is 3.88. The summed E-state index contributed by atoms with van der Waals surface area (Å²) in [6.45, 7) is 0. The Morgan fingerprint density at radius 3 is 2.40 bits per heavy atom. The number of aliphatic hydroxyl groups is 1. The normalized spacial score (nSPS) is 30.4. The highest BCUT2D eigenvalue weighted by Crippen LogP contribution is 2.25. The van der Waals surface area contributed by atoms with Crippen LogP contribution in [0.3, 0.4) is 0 Å². The highest BCUT2D eigenvalue weighted by atomic mass is 16.5. The first-order valence-corrected chi connectivity index (χ1v) is 5.06. The molecule has 0 saturated heterocycles. The minimum absolute atomic E-state index is 0.188. The van der Waals surface area contributed by atoms with Crippen molar-refractivity contribution in [2.45, 2.75) is 31.1 Å². The second-order valence-corrected chi connectivity index (χ2v) is 3.88. The Morgan fingerprint density at radius 2 is 1.87 bits per heavy atom. The minimum atomic E-state index is -0.598. The van der Waals surface area contributed by atoms with E-state index in [0.29, 0.717) is 5.75 Å². The fourth-order valence-corrected chi connectivity index (χ4v) is 1.80. The Morgan fingerprint density at radius 1 is 1.20 bits per heavy atom. The molecule has 1 aromatic carbocycles. The van der Waals surface area contributed by atoms with Gasteiger partial charge in [-0.1, -0.05) is 0 Å². The van der Waals surface area contributed by atoms with E-state index in [2.05, 4.69) is 0 Å². The lowest BCUT2D eigenvalue weighted by Gasteiger charge is -2.18. The van der Waals surface area contributed by atoms with Crippen molar-refractivity contribution in [1.29, 1.82) is 0 Å². The van der Waals surface area contributed by atoms with Gasteiger partial charge in [0.2, 0.25) is 0 Å². The van der Waals surface area contributed by atoms with Crippen LogP contribution in [0.15, 0.2) is 24.3 Å². The highest BCUT2D eigenvalue weighted by molar-refractivity contribution is 5.30. The summed E-state index contributed by atoms with van der Waals surface area (Å²) in [5.74, 6) is 0.844. The number of phenolic OH excluding ortho intramolecular Hbond substituents is 1. The van der Waals surface area contributed by atoms with E-state index in [1.165, 1.54) is 0 Å². The van der Waals surface area contributed by atoms with Crippen molar-refractivity contribution in [1.82, 2.24) is 0 Å². The molecule has 4 heteroatoms. The van der Waals surface area contributed by atoms with Crippen molar-refractivity contribution >= 4 is 0 Å². The largest absolute Gasteiger partial charge is 0.508 e. The molecule has 3 unspecified atom stereocenters. The van der Waals surface area contributed by atoms with Gasteiger partial charge in [0.25, 0.3) is 0 Å². The van der Waals surface area contributed by atoms with Crippen LogP contribution >= 0.6 is 0 Å². The Balaban J connectivity index is 2.00. The molecule has 0 aromatic heterocycles. The summed E-state index contributed by atoms with van der Waals surface area (Å²) in [6, 6.07) is 6.26. The Kier molecular flexibility index (Phi) is 2.79. The molecule has 0 radical (unpaired) electrons. The molecule has 15 heavy (non-hydrogen) atoms. The zero-order chi connectivity index (χ0) is 10.8. The molecule has 0 spiro atoms. The van der Waals surface area contributed by atoms with Gasteiger partial charge >= 0.3 is 0 Å². The molecule has 0 aliphatic heterocycles. The van der Waals surface area contributed by atoms with Gasteiger partial charge in [-0.3, -0.25) is 0 Å². The molecule has 2 rings (SSSR count). The maximum atomic E-state index is 9.67. The van der Waals surface area contributed by atoms with Gasteiger partial charge in [0.15, 0.2) is 0 Å². The van der Waals surface area contributed by atoms with Crippen molar-refractivity contribution in [3.05, 3.63) is 24.3 Å². The number of hydrogen-bond donors (Lipinski definition) is 3. The summed E-state index contributed by atoms with van der Waals surface area (Å²) >= 11 is 0. The van der Waals surface area contributed by atoms with Crippen LogP contribution in [0.25, 0.3) is 0 Å². The molecular weight excluding hydrogens is 194 g/mol. The topological polar surface area (TPSA) is 75.7 Å². The molecular formula is C11H15NO3. The number of aromatic hydroxyl groups is 1. The predicted octanol–water partition coefficient (Wildman–Crippen LogP) is 0.622. The first-order valence-electron chi connectivity index (χ1n) is 5.06. The standard InChI is InChI=1S/C11H15NO3/c12-9-5-6-10(11(9)14)15-8-3-1-7(13)2-4-8/h1-4,9-11,13-14H,5-6,12H2. The summed E-state index contributed by atoms with van der Waals surface area (Å²) in [5, 5.41) is 18.8. The van der Waals surface area contributed by atoms with Gasteiger partial charge in [0.1, 0.15) is 23.7 Å². The van der Waals surface area contributed by atoms with Crippen molar-refractivity contribution < 1.29 is 14.9 Å². The predicted molar refractivity (Wildman–Crippen MR) is 55.7 cm³/mol. The first kappa shape index (κ1) is 10.3. The van der Waals surface area contributed by atoms with Crippen molar-refractivity contribution in [3.8, 4) is 11.5 Å². The van der Waals surface area contributed by atoms with Crippen LogP contribution < -0.4 is 10.5 Å². The molecule has 4 N–H and O–H groups in total. The van der Waals surface area contributed by atoms with E-state index in [1.807, 2.05) is 0 Å². The zero-order valence-corrected chi connectivity index (χ0v) is 8.34. The van der Waals surface area contributed by atoms with Crippen molar-refractivity contribution in [2.24, 2.45) is 5.73 Å². The molecule has 1 aromatic rings. The van der Waals surface area contributed by atoms with E-state index in [0.717, 1.165) is 12.8 Å². The average molecular weight is 209 g/mol. The van der Waals surface area contributed by atoms with Gasteiger partial charge in [-0.05, 0) is 37.1 Å². The number of rotatable bonds is 2. The first-order chi connectivity index (χ1) is 7.16. The third-order valence-electron chi connectivity index (χ3n) is 2.73. The zero-order valence-electron chi connectivity index (χ0n) is 8.34. The monoisotopic (exact) mass is 209 g/mol. The van der Waals surface area contributed by atoms with E-state index in [4.69, 9.17) is 15.6 Å². The molecule has 1 saturated carbocycles. The molecule has 1 aliphatic rings. The highest BCUT2D eigenvalue weighted by Gasteiger charge is 2.33. The van der Waals surface area contributed by atoms with Crippen molar-refractivity contribution in [3.63, 3.8) is 0 Å². The molecule has 0 bridgehead atoms. The van der Waals surface area contributed by atoms with E-state index >= 15 is 0 Å². The number of benzene rings is 1. The molecule has 1 aliphatic carbocycles. The third-order valence-corrected chi connectivity index (χ3v) is 2.73. The molecule has 3 atom stereocenters. The van der Waals surface area contributed by atoms with Crippen LogP contribution in [0.1, 0.15) is 12.8 Å². The molecule has 0 amide bonds. The smallest absolute Gasteiger partial charge is 0.126 e. The Bertz CT molecular complexity index is 325.